The maximum atomic E-state index is 12.3. The number of nitrogens with zero attached hydrogens (tertiary/aromatic N) is 3. The lowest BCUT2D eigenvalue weighted by molar-refractivity contribution is -0.144. The van der Waals surface area contributed by atoms with E-state index in [1.165, 1.54) is 16.2 Å². The van der Waals surface area contributed by atoms with E-state index >= 15 is 0 Å². The van der Waals surface area contributed by atoms with Crippen molar-refractivity contribution in [2.45, 2.75) is 32.3 Å². The van der Waals surface area contributed by atoms with Gasteiger partial charge < -0.3 is 20.3 Å². The van der Waals surface area contributed by atoms with Crippen molar-refractivity contribution in [1.29, 1.82) is 0 Å². The number of rotatable bonds is 6. The quantitative estimate of drug-likeness (QED) is 0.608. The molecule has 3 N–H and O–H groups in total. The van der Waals surface area contributed by atoms with Crippen LogP contribution in [0.3, 0.4) is 0 Å². The molecule has 8 nitrogen and oxygen atoms in total. The van der Waals surface area contributed by atoms with Gasteiger partial charge in [0.1, 0.15) is 16.4 Å². The molecular weight excluding hydrogens is 416 g/mol. The van der Waals surface area contributed by atoms with Crippen molar-refractivity contribution in [3.05, 3.63) is 46.7 Å². The van der Waals surface area contributed by atoms with Crippen LogP contribution in [-0.2, 0) is 16.8 Å². The number of amides is 2. The molecule has 3 heterocycles. The molecule has 1 aromatic carbocycles. The Balaban J connectivity index is 1.67. The van der Waals surface area contributed by atoms with Crippen molar-refractivity contribution < 1.29 is 19.2 Å². The molecular formula is C22H24N4O4S. The van der Waals surface area contributed by atoms with Gasteiger partial charge in [-0.05, 0) is 18.4 Å². The second kappa shape index (κ2) is 7.90. The minimum Gasteiger partial charge on any atom is -0.373 e. The maximum Gasteiger partial charge on any atom is 0.268 e. The Morgan fingerprint density at radius 2 is 2.10 bits per heavy atom. The summed E-state index contributed by atoms with van der Waals surface area (Å²) in [5, 5.41) is 15.5. The van der Waals surface area contributed by atoms with Crippen LogP contribution >= 0.6 is 11.3 Å². The van der Waals surface area contributed by atoms with Gasteiger partial charge in [0.05, 0.1) is 0 Å². The van der Waals surface area contributed by atoms with Crippen LogP contribution in [0.15, 0.2) is 34.9 Å². The first kappa shape index (κ1) is 21.2. The van der Waals surface area contributed by atoms with Gasteiger partial charge in [0.15, 0.2) is 5.76 Å². The van der Waals surface area contributed by atoms with Crippen molar-refractivity contribution in [3.8, 4) is 21.8 Å². The zero-order valence-electron chi connectivity index (χ0n) is 17.6. The highest BCUT2D eigenvalue weighted by Gasteiger charge is 2.48. The van der Waals surface area contributed by atoms with E-state index in [0.717, 1.165) is 22.4 Å². The molecule has 0 radical (unpaired) electrons. The fraction of sp³-hybridized carbons (Fsp3) is 0.364. The van der Waals surface area contributed by atoms with Gasteiger partial charge in [0.2, 0.25) is 5.60 Å². The minimum atomic E-state index is -1.69. The maximum absolute atomic E-state index is 12.3. The van der Waals surface area contributed by atoms with E-state index in [9.17, 15) is 14.7 Å². The summed E-state index contributed by atoms with van der Waals surface area (Å²) >= 11 is 1.45. The van der Waals surface area contributed by atoms with E-state index in [1.807, 2.05) is 24.3 Å². The highest BCUT2D eigenvalue weighted by molar-refractivity contribution is 7.15. The van der Waals surface area contributed by atoms with Gasteiger partial charge in [-0.15, -0.1) is 11.3 Å². The number of nitrogens with two attached hydrogens (primary N) is 1. The molecule has 2 aromatic heterocycles. The molecule has 1 aliphatic heterocycles. The monoisotopic (exact) mass is 440 g/mol. The SMILES string of the molecule is CC(C)Cc1sc(-c2cccc(-c3cc([C@]4(O)CCN(C)C4=O)on3)c2)nc1C(N)=O. The molecule has 1 saturated heterocycles. The highest BCUT2D eigenvalue weighted by Crippen LogP contribution is 2.36. The fourth-order valence-corrected chi connectivity index (χ4v) is 4.95. The van der Waals surface area contributed by atoms with E-state index in [4.69, 9.17) is 10.3 Å². The number of likely N-dealkylation sites (tertiary alicyclic amines) is 1. The molecule has 0 spiro atoms. The zero-order chi connectivity index (χ0) is 22.3. The summed E-state index contributed by atoms with van der Waals surface area (Å²) in [7, 11) is 1.64. The molecule has 0 saturated carbocycles. The molecule has 9 heteroatoms. The fourth-order valence-electron chi connectivity index (χ4n) is 3.68. The number of carbonyl (C=O) groups is 2. The molecule has 3 aromatic rings. The number of carbonyl (C=O) groups excluding carboxylic acids is 2. The average Bonchev–Trinajstić information content (AvgIpc) is 3.44. The zero-order valence-corrected chi connectivity index (χ0v) is 18.4. The van der Waals surface area contributed by atoms with E-state index in [-0.39, 0.29) is 12.2 Å². The van der Waals surface area contributed by atoms with Crippen LogP contribution in [0.2, 0.25) is 0 Å². The highest BCUT2D eigenvalue weighted by atomic mass is 32.1. The number of primary amides is 1. The average molecular weight is 441 g/mol. The lowest BCUT2D eigenvalue weighted by atomic mass is 9.98. The largest absolute Gasteiger partial charge is 0.373 e. The number of aromatic nitrogens is 2. The lowest BCUT2D eigenvalue weighted by Gasteiger charge is -2.16. The summed E-state index contributed by atoms with van der Waals surface area (Å²) in [4.78, 5) is 31.0. The number of likely N-dealkylation sites (N-methyl/N-ethyl adjacent to an activating group) is 1. The van der Waals surface area contributed by atoms with Gasteiger partial charge in [-0.1, -0.05) is 37.2 Å². The normalized spacial score (nSPS) is 18.9. The van der Waals surface area contributed by atoms with E-state index in [0.29, 0.717) is 28.9 Å². The number of hydrogen-bond acceptors (Lipinski definition) is 7. The molecule has 2 amide bonds. The minimum absolute atomic E-state index is 0.131. The number of thiazole rings is 1. The second-order valence-electron chi connectivity index (χ2n) is 8.25. The van der Waals surface area contributed by atoms with Crippen molar-refractivity contribution in [1.82, 2.24) is 15.0 Å². The van der Waals surface area contributed by atoms with E-state index < -0.39 is 17.4 Å². The van der Waals surface area contributed by atoms with Crippen LogP contribution in [0.4, 0.5) is 0 Å². The molecule has 31 heavy (non-hydrogen) atoms. The van der Waals surface area contributed by atoms with Crippen molar-refractivity contribution in [2.75, 3.05) is 13.6 Å². The first-order valence-electron chi connectivity index (χ1n) is 10.0. The Morgan fingerprint density at radius 3 is 2.74 bits per heavy atom. The smallest absolute Gasteiger partial charge is 0.268 e. The lowest BCUT2D eigenvalue weighted by Crippen LogP contribution is -2.35. The Morgan fingerprint density at radius 1 is 1.35 bits per heavy atom. The van der Waals surface area contributed by atoms with Crippen LogP contribution in [0.5, 0.6) is 0 Å². The third-order valence-electron chi connectivity index (χ3n) is 5.36. The standard InChI is InChI=1S/C22H24N4O4S/c1-12(2)9-16-18(19(23)27)24-20(31-16)14-6-4-5-13(10-14)15-11-17(30-25-15)22(29)7-8-26(3)21(22)28/h4-6,10-12,29H,7-9H2,1-3H3,(H2,23,27)/t22-/m1/s1. The number of hydrogen-bond donors (Lipinski definition) is 2. The summed E-state index contributed by atoms with van der Waals surface area (Å²) in [6.45, 7) is 4.60. The summed E-state index contributed by atoms with van der Waals surface area (Å²) in [6, 6.07) is 9.09. The Labute approximate surface area is 183 Å². The molecule has 4 rings (SSSR count). The van der Waals surface area contributed by atoms with E-state index in [1.54, 1.807) is 13.1 Å². The first-order chi connectivity index (χ1) is 14.7. The van der Waals surface area contributed by atoms with Gasteiger partial charge in [-0.3, -0.25) is 9.59 Å². The molecule has 0 unspecified atom stereocenters. The van der Waals surface area contributed by atoms with Crippen LogP contribution in [0.25, 0.3) is 21.8 Å². The van der Waals surface area contributed by atoms with Crippen molar-refractivity contribution in [2.24, 2.45) is 11.7 Å². The first-order valence-corrected chi connectivity index (χ1v) is 10.9. The van der Waals surface area contributed by atoms with Crippen LogP contribution < -0.4 is 5.73 Å². The third kappa shape index (κ3) is 3.86. The van der Waals surface area contributed by atoms with Crippen molar-refractivity contribution in [3.63, 3.8) is 0 Å². The summed E-state index contributed by atoms with van der Waals surface area (Å²) in [5.41, 5.74) is 6.22. The van der Waals surface area contributed by atoms with Gasteiger partial charge in [0.25, 0.3) is 11.8 Å². The van der Waals surface area contributed by atoms with Gasteiger partial charge in [-0.25, -0.2) is 4.98 Å². The number of benzene rings is 1. The van der Waals surface area contributed by atoms with Gasteiger partial charge in [0, 0.05) is 42.1 Å². The van der Waals surface area contributed by atoms with Gasteiger partial charge in [-0.2, -0.15) is 0 Å². The number of aliphatic hydroxyl groups is 1. The summed E-state index contributed by atoms with van der Waals surface area (Å²) in [6.07, 6.45) is 0.980. The Hall–Kier alpha value is -3.04. The summed E-state index contributed by atoms with van der Waals surface area (Å²) in [5.74, 6) is -0.431. The predicted molar refractivity (Wildman–Crippen MR) is 116 cm³/mol. The third-order valence-corrected chi connectivity index (χ3v) is 6.48. The molecule has 0 aliphatic carbocycles. The predicted octanol–water partition coefficient (Wildman–Crippen LogP) is 2.81. The molecule has 1 fully saturated rings. The Kier molecular flexibility index (Phi) is 5.40. The van der Waals surface area contributed by atoms with E-state index in [2.05, 4.69) is 24.0 Å². The second-order valence-corrected chi connectivity index (χ2v) is 9.33. The van der Waals surface area contributed by atoms with Crippen LogP contribution in [0.1, 0.15) is 41.4 Å². The van der Waals surface area contributed by atoms with Crippen molar-refractivity contribution >= 4 is 23.2 Å². The van der Waals surface area contributed by atoms with Gasteiger partial charge >= 0.3 is 0 Å². The van der Waals surface area contributed by atoms with Crippen LogP contribution in [0, 0.1) is 5.92 Å². The van der Waals surface area contributed by atoms with Crippen LogP contribution in [-0.4, -0.2) is 45.6 Å². The summed E-state index contributed by atoms with van der Waals surface area (Å²) < 4.78 is 5.35. The Bertz CT molecular complexity index is 1150. The topological polar surface area (TPSA) is 123 Å². The molecule has 0 bridgehead atoms. The molecule has 1 atom stereocenters. The molecule has 1 aliphatic rings. The molecule has 162 valence electrons.